The van der Waals surface area contributed by atoms with Crippen molar-refractivity contribution in [3.05, 3.63) is 98.5 Å². The first-order valence-electron chi connectivity index (χ1n) is 9.90. The van der Waals surface area contributed by atoms with Crippen molar-refractivity contribution in [1.29, 1.82) is 0 Å². The largest absolute Gasteiger partial charge is 0.493 e. The molecule has 164 valence electrons. The SMILES string of the molecule is O=c1[nH]c(O)c(C=c2cnn3c(=NCc4ccccn4)cc(Nc4cccc(Cl)c4)nc23)[nH]1. The van der Waals surface area contributed by atoms with Gasteiger partial charge in [-0.15, -0.1) is 0 Å². The van der Waals surface area contributed by atoms with Gasteiger partial charge in [-0.1, -0.05) is 23.7 Å². The molecular weight excluding hydrogens is 444 g/mol. The molecule has 11 heteroatoms. The van der Waals surface area contributed by atoms with E-state index in [4.69, 9.17) is 11.6 Å². The van der Waals surface area contributed by atoms with Gasteiger partial charge >= 0.3 is 5.69 Å². The van der Waals surface area contributed by atoms with Crippen molar-refractivity contribution in [2.24, 2.45) is 4.99 Å². The first-order chi connectivity index (χ1) is 16.0. The third-order valence-corrected chi connectivity index (χ3v) is 4.98. The van der Waals surface area contributed by atoms with Crippen molar-refractivity contribution in [2.45, 2.75) is 6.54 Å². The fourth-order valence-corrected chi connectivity index (χ4v) is 3.45. The molecule has 0 saturated carbocycles. The van der Waals surface area contributed by atoms with Gasteiger partial charge < -0.3 is 15.4 Å². The Morgan fingerprint density at radius 1 is 1.18 bits per heavy atom. The molecule has 0 amide bonds. The van der Waals surface area contributed by atoms with Crippen LogP contribution in [-0.2, 0) is 6.54 Å². The first-order valence-corrected chi connectivity index (χ1v) is 10.3. The minimum absolute atomic E-state index is 0.219. The fourth-order valence-electron chi connectivity index (χ4n) is 3.26. The summed E-state index contributed by atoms with van der Waals surface area (Å²) in [5, 5.41) is 18.7. The number of aromatic nitrogens is 6. The van der Waals surface area contributed by atoms with Gasteiger partial charge in [0.2, 0.25) is 5.88 Å². The molecule has 4 N–H and O–H groups in total. The van der Waals surface area contributed by atoms with Gasteiger partial charge in [0.25, 0.3) is 0 Å². The van der Waals surface area contributed by atoms with Crippen molar-refractivity contribution >= 4 is 34.8 Å². The number of H-pyrrole nitrogens is 2. The van der Waals surface area contributed by atoms with E-state index in [0.29, 0.717) is 33.7 Å². The Morgan fingerprint density at radius 2 is 2.09 bits per heavy atom. The maximum Gasteiger partial charge on any atom is 0.326 e. The second-order valence-corrected chi connectivity index (χ2v) is 7.53. The van der Waals surface area contributed by atoms with Crippen LogP contribution in [-0.4, -0.2) is 34.7 Å². The molecule has 5 aromatic rings. The van der Waals surface area contributed by atoms with E-state index in [0.717, 1.165) is 11.4 Å². The Hall–Kier alpha value is -4.44. The number of halogens is 1. The van der Waals surface area contributed by atoms with E-state index in [1.54, 1.807) is 41.2 Å². The predicted octanol–water partition coefficient (Wildman–Crippen LogP) is 1.89. The summed E-state index contributed by atoms with van der Waals surface area (Å²) < 4.78 is 1.58. The number of nitrogens with one attached hydrogen (secondary N) is 3. The summed E-state index contributed by atoms with van der Waals surface area (Å²) >= 11 is 6.11. The zero-order valence-corrected chi connectivity index (χ0v) is 17.8. The summed E-state index contributed by atoms with van der Waals surface area (Å²) in [6.07, 6.45) is 4.87. The van der Waals surface area contributed by atoms with Crippen molar-refractivity contribution in [1.82, 2.24) is 29.5 Å². The summed E-state index contributed by atoms with van der Waals surface area (Å²) in [6.45, 7) is 0.349. The molecule has 0 saturated heterocycles. The smallest absolute Gasteiger partial charge is 0.326 e. The van der Waals surface area contributed by atoms with E-state index in [9.17, 15) is 9.90 Å². The number of anilines is 2. The molecule has 0 bridgehead atoms. The summed E-state index contributed by atoms with van der Waals surface area (Å²) in [6, 6.07) is 14.7. The molecule has 0 radical (unpaired) electrons. The van der Waals surface area contributed by atoms with Crippen molar-refractivity contribution < 1.29 is 5.11 Å². The lowest BCUT2D eigenvalue weighted by atomic mass is 10.3. The monoisotopic (exact) mass is 460 g/mol. The number of fused-ring (bicyclic) bond motifs is 1. The molecule has 1 aromatic carbocycles. The van der Waals surface area contributed by atoms with Crippen LogP contribution in [0.4, 0.5) is 11.5 Å². The molecule has 5 rings (SSSR count). The lowest BCUT2D eigenvalue weighted by Gasteiger charge is -2.07. The lowest BCUT2D eigenvalue weighted by molar-refractivity contribution is 0.454. The van der Waals surface area contributed by atoms with Crippen LogP contribution in [0, 0.1) is 0 Å². The number of hydrogen-bond donors (Lipinski definition) is 4. The number of aromatic hydroxyl groups is 1. The molecular formula is C22H17ClN8O2. The topological polar surface area (TPSA) is 136 Å². The third-order valence-electron chi connectivity index (χ3n) is 4.74. The molecule has 4 heterocycles. The van der Waals surface area contributed by atoms with Gasteiger partial charge in [0.05, 0.1) is 18.4 Å². The highest BCUT2D eigenvalue weighted by molar-refractivity contribution is 6.30. The van der Waals surface area contributed by atoms with E-state index < -0.39 is 5.69 Å². The molecule has 10 nitrogen and oxygen atoms in total. The van der Waals surface area contributed by atoms with E-state index >= 15 is 0 Å². The average Bonchev–Trinajstić information content (AvgIpc) is 3.35. The van der Waals surface area contributed by atoms with Crippen LogP contribution in [0.5, 0.6) is 5.88 Å². The summed E-state index contributed by atoms with van der Waals surface area (Å²) in [5.41, 5.74) is 2.28. The second kappa shape index (κ2) is 8.60. The second-order valence-electron chi connectivity index (χ2n) is 7.09. The van der Waals surface area contributed by atoms with E-state index in [1.807, 2.05) is 30.3 Å². The predicted molar refractivity (Wildman–Crippen MR) is 123 cm³/mol. The highest BCUT2D eigenvalue weighted by atomic mass is 35.5. The van der Waals surface area contributed by atoms with Crippen molar-refractivity contribution in [2.75, 3.05) is 5.32 Å². The van der Waals surface area contributed by atoms with Gasteiger partial charge in [0, 0.05) is 28.2 Å². The zero-order valence-electron chi connectivity index (χ0n) is 17.0. The molecule has 0 spiro atoms. The van der Waals surface area contributed by atoms with E-state index in [-0.39, 0.29) is 11.6 Å². The van der Waals surface area contributed by atoms with Crippen LogP contribution in [0.2, 0.25) is 5.02 Å². The molecule has 0 aliphatic heterocycles. The van der Waals surface area contributed by atoms with Crippen LogP contribution >= 0.6 is 11.6 Å². The maximum absolute atomic E-state index is 11.5. The number of pyridine rings is 1. The first kappa shape index (κ1) is 20.5. The number of nitrogens with zero attached hydrogens (tertiary/aromatic N) is 5. The van der Waals surface area contributed by atoms with Crippen LogP contribution in [0.15, 0.2) is 70.7 Å². The quantitative estimate of drug-likeness (QED) is 0.316. The van der Waals surface area contributed by atoms with Gasteiger partial charge in [0.15, 0.2) is 11.1 Å². The Kier molecular flexibility index (Phi) is 5.33. The number of aromatic amines is 2. The summed E-state index contributed by atoms with van der Waals surface area (Å²) in [5.74, 6) is 0.249. The van der Waals surface area contributed by atoms with Crippen molar-refractivity contribution in [3.63, 3.8) is 0 Å². The van der Waals surface area contributed by atoms with Crippen LogP contribution < -0.4 is 21.7 Å². The molecule has 0 unspecified atom stereocenters. The van der Waals surface area contributed by atoms with E-state index in [2.05, 4.69) is 35.3 Å². The number of rotatable bonds is 5. The number of imidazole rings is 1. The summed E-state index contributed by atoms with van der Waals surface area (Å²) in [4.78, 5) is 29.9. The maximum atomic E-state index is 11.5. The average molecular weight is 461 g/mol. The van der Waals surface area contributed by atoms with Crippen LogP contribution in [0.1, 0.15) is 11.4 Å². The Bertz CT molecular complexity index is 1620. The number of benzene rings is 1. The van der Waals surface area contributed by atoms with E-state index in [1.165, 1.54) is 0 Å². The Labute approximate surface area is 191 Å². The lowest BCUT2D eigenvalue weighted by Crippen LogP contribution is -2.19. The fraction of sp³-hybridized carbons (Fsp3) is 0.0455. The minimum Gasteiger partial charge on any atom is -0.493 e. The van der Waals surface area contributed by atoms with Crippen LogP contribution in [0.3, 0.4) is 0 Å². The minimum atomic E-state index is -0.516. The zero-order chi connectivity index (χ0) is 22.8. The molecule has 33 heavy (non-hydrogen) atoms. The third kappa shape index (κ3) is 4.46. The van der Waals surface area contributed by atoms with Gasteiger partial charge in [0.1, 0.15) is 11.5 Å². The normalized spacial score (nSPS) is 12.5. The van der Waals surface area contributed by atoms with Gasteiger partial charge in [-0.2, -0.15) is 9.61 Å². The molecule has 0 aliphatic rings. The summed E-state index contributed by atoms with van der Waals surface area (Å²) in [7, 11) is 0. The molecule has 0 fully saturated rings. The molecule has 0 atom stereocenters. The van der Waals surface area contributed by atoms with Gasteiger partial charge in [-0.25, -0.2) is 9.78 Å². The molecule has 0 aliphatic carbocycles. The Morgan fingerprint density at radius 3 is 2.85 bits per heavy atom. The van der Waals surface area contributed by atoms with Crippen molar-refractivity contribution in [3.8, 4) is 5.88 Å². The van der Waals surface area contributed by atoms with Gasteiger partial charge in [-0.05, 0) is 36.4 Å². The van der Waals surface area contributed by atoms with Gasteiger partial charge in [-0.3, -0.25) is 15.0 Å². The highest BCUT2D eigenvalue weighted by Gasteiger charge is 2.09. The number of hydrogen-bond acceptors (Lipinski definition) is 7. The van der Waals surface area contributed by atoms with Crippen LogP contribution in [0.25, 0.3) is 11.7 Å². The Balaban J connectivity index is 1.66. The molecule has 4 aromatic heterocycles. The highest BCUT2D eigenvalue weighted by Crippen LogP contribution is 2.18. The standard InChI is InChI=1S/C22H17ClN8O2/c23-14-4-3-6-15(9-14)27-18-10-19(25-12-16-5-1-2-7-24-16)31-20(29-18)13(11-26-31)8-17-21(32)30-22(33)28-17/h1-11,27,32H,12H2,(H2,28,30,33).